The molecule has 130 valence electrons. The van der Waals surface area contributed by atoms with Crippen LogP contribution in [0.4, 0.5) is 5.69 Å². The van der Waals surface area contributed by atoms with Gasteiger partial charge >= 0.3 is 0 Å². The summed E-state index contributed by atoms with van der Waals surface area (Å²) in [4.78, 5) is 10.9. The number of carbonyl (C=O) groups excluding carboxylic acids is 1. The van der Waals surface area contributed by atoms with E-state index in [4.69, 9.17) is 14.2 Å². The molecule has 1 amide bonds. The molecular weight excluding hydrogens is 294 g/mol. The average molecular weight is 323 g/mol. The van der Waals surface area contributed by atoms with Gasteiger partial charge in [-0.05, 0) is 30.7 Å². The first kappa shape index (κ1) is 19.5. The Morgan fingerprint density at radius 3 is 2.22 bits per heavy atom. The van der Waals surface area contributed by atoms with E-state index in [0.717, 1.165) is 24.5 Å². The highest BCUT2D eigenvalue weighted by molar-refractivity contribution is 5.88. The van der Waals surface area contributed by atoms with Crippen LogP contribution in [-0.2, 0) is 14.3 Å². The third-order valence-electron chi connectivity index (χ3n) is 3.19. The van der Waals surface area contributed by atoms with Crippen LogP contribution >= 0.6 is 0 Å². The maximum absolute atomic E-state index is 10.9. The Balaban J connectivity index is 1.95. The predicted octanol–water partition coefficient (Wildman–Crippen LogP) is 3.64. The first-order valence-corrected chi connectivity index (χ1v) is 8.38. The monoisotopic (exact) mass is 323 g/mol. The number of nitrogens with one attached hydrogen (secondary N) is 1. The first-order valence-electron chi connectivity index (χ1n) is 8.38. The van der Waals surface area contributed by atoms with Gasteiger partial charge in [-0.3, -0.25) is 4.79 Å². The number of ether oxygens (including phenoxy) is 3. The summed E-state index contributed by atoms with van der Waals surface area (Å²) in [6.45, 7) is 6.77. The van der Waals surface area contributed by atoms with Crippen LogP contribution in [0.15, 0.2) is 24.3 Å². The molecule has 0 fully saturated rings. The molecule has 0 radical (unpaired) electrons. The van der Waals surface area contributed by atoms with E-state index in [1.54, 1.807) is 0 Å². The van der Waals surface area contributed by atoms with Crippen molar-refractivity contribution in [2.45, 2.75) is 39.5 Å². The van der Waals surface area contributed by atoms with Crippen LogP contribution in [0.25, 0.3) is 0 Å². The Bertz CT molecular complexity index is 420. The van der Waals surface area contributed by atoms with Crippen LogP contribution < -0.4 is 10.1 Å². The lowest BCUT2D eigenvalue weighted by Gasteiger charge is -2.08. The summed E-state index contributed by atoms with van der Waals surface area (Å²) in [5, 5.41) is 2.71. The van der Waals surface area contributed by atoms with Gasteiger partial charge in [0, 0.05) is 19.2 Å². The summed E-state index contributed by atoms with van der Waals surface area (Å²) in [5.41, 5.74) is 0.761. The fraction of sp³-hybridized carbons (Fsp3) is 0.611. The van der Waals surface area contributed by atoms with Gasteiger partial charge in [-0.25, -0.2) is 0 Å². The van der Waals surface area contributed by atoms with Gasteiger partial charge < -0.3 is 19.5 Å². The Morgan fingerprint density at radius 1 is 0.913 bits per heavy atom. The minimum Gasteiger partial charge on any atom is -0.491 e. The molecule has 0 aliphatic heterocycles. The fourth-order valence-corrected chi connectivity index (χ4v) is 2.01. The zero-order valence-electron chi connectivity index (χ0n) is 14.3. The first-order chi connectivity index (χ1) is 11.2. The van der Waals surface area contributed by atoms with Gasteiger partial charge in [-0.2, -0.15) is 0 Å². The van der Waals surface area contributed by atoms with Crippen LogP contribution in [0, 0.1) is 0 Å². The lowest BCUT2D eigenvalue weighted by molar-refractivity contribution is -0.114. The second kappa shape index (κ2) is 12.9. The molecule has 0 spiro atoms. The Kier molecular flexibility index (Phi) is 10.9. The highest BCUT2D eigenvalue weighted by Gasteiger charge is 1.97. The van der Waals surface area contributed by atoms with Crippen LogP contribution in [0.1, 0.15) is 39.5 Å². The zero-order valence-corrected chi connectivity index (χ0v) is 14.3. The van der Waals surface area contributed by atoms with E-state index in [1.807, 2.05) is 24.3 Å². The van der Waals surface area contributed by atoms with Crippen LogP contribution in [-0.4, -0.2) is 38.9 Å². The van der Waals surface area contributed by atoms with Gasteiger partial charge in [0.2, 0.25) is 5.91 Å². The van der Waals surface area contributed by atoms with Gasteiger partial charge in [0.05, 0.1) is 19.8 Å². The lowest BCUT2D eigenvalue weighted by Crippen LogP contribution is -2.11. The second-order valence-electron chi connectivity index (χ2n) is 5.34. The highest BCUT2D eigenvalue weighted by Crippen LogP contribution is 2.15. The molecule has 0 saturated carbocycles. The van der Waals surface area contributed by atoms with Crippen molar-refractivity contribution >= 4 is 11.6 Å². The molecule has 23 heavy (non-hydrogen) atoms. The minimum absolute atomic E-state index is 0.0837. The van der Waals surface area contributed by atoms with Crippen molar-refractivity contribution in [3.8, 4) is 5.75 Å². The van der Waals surface area contributed by atoms with Gasteiger partial charge in [-0.1, -0.05) is 26.2 Å². The van der Waals surface area contributed by atoms with E-state index in [9.17, 15) is 4.79 Å². The maximum Gasteiger partial charge on any atom is 0.221 e. The molecule has 1 N–H and O–H groups in total. The molecule has 0 aliphatic carbocycles. The molecule has 5 nitrogen and oxygen atoms in total. The van der Waals surface area contributed by atoms with Crippen molar-refractivity contribution in [2.24, 2.45) is 0 Å². The smallest absolute Gasteiger partial charge is 0.221 e. The van der Waals surface area contributed by atoms with Crippen LogP contribution in [0.2, 0.25) is 0 Å². The van der Waals surface area contributed by atoms with Crippen LogP contribution in [0.3, 0.4) is 0 Å². The summed E-state index contributed by atoms with van der Waals surface area (Å²) in [6.07, 6.45) is 4.90. The summed E-state index contributed by atoms with van der Waals surface area (Å²) in [5.74, 6) is 0.675. The number of amides is 1. The minimum atomic E-state index is -0.0837. The van der Waals surface area contributed by atoms with Gasteiger partial charge in [0.25, 0.3) is 0 Å². The number of carbonyl (C=O) groups is 1. The number of hydrogen-bond acceptors (Lipinski definition) is 4. The molecule has 0 heterocycles. The Hall–Kier alpha value is -1.59. The second-order valence-corrected chi connectivity index (χ2v) is 5.34. The van der Waals surface area contributed by atoms with E-state index < -0.39 is 0 Å². The lowest BCUT2D eigenvalue weighted by atomic mass is 10.2. The zero-order chi connectivity index (χ0) is 16.8. The maximum atomic E-state index is 10.9. The molecule has 0 saturated heterocycles. The van der Waals surface area contributed by atoms with Crippen molar-refractivity contribution in [2.75, 3.05) is 38.4 Å². The number of hydrogen-bond donors (Lipinski definition) is 1. The molecule has 0 aromatic heterocycles. The molecule has 0 aliphatic rings. The van der Waals surface area contributed by atoms with Crippen molar-refractivity contribution in [3.63, 3.8) is 0 Å². The van der Waals surface area contributed by atoms with E-state index >= 15 is 0 Å². The molecule has 0 bridgehead atoms. The normalized spacial score (nSPS) is 10.5. The molecule has 1 aromatic rings. The van der Waals surface area contributed by atoms with Gasteiger partial charge in [-0.15, -0.1) is 0 Å². The van der Waals surface area contributed by atoms with Crippen molar-refractivity contribution in [3.05, 3.63) is 24.3 Å². The molecule has 5 heteroatoms. The number of unbranched alkanes of at least 4 members (excludes halogenated alkanes) is 3. The summed E-state index contributed by atoms with van der Waals surface area (Å²) >= 11 is 0. The topological polar surface area (TPSA) is 56.8 Å². The standard InChI is InChI=1S/C18H29NO4/c1-3-4-5-6-11-21-12-13-22-14-15-23-18-9-7-17(8-10-18)19-16(2)20/h7-10H,3-6,11-15H2,1-2H3,(H,19,20). The summed E-state index contributed by atoms with van der Waals surface area (Å²) in [7, 11) is 0. The average Bonchev–Trinajstić information content (AvgIpc) is 2.53. The molecular formula is C18H29NO4. The third-order valence-corrected chi connectivity index (χ3v) is 3.19. The molecule has 1 rings (SSSR count). The highest BCUT2D eigenvalue weighted by atomic mass is 16.5. The third kappa shape index (κ3) is 10.7. The Morgan fingerprint density at radius 2 is 1.57 bits per heavy atom. The van der Waals surface area contributed by atoms with E-state index in [-0.39, 0.29) is 5.91 Å². The van der Waals surface area contributed by atoms with Crippen molar-refractivity contribution in [1.82, 2.24) is 0 Å². The number of anilines is 1. The number of benzene rings is 1. The van der Waals surface area contributed by atoms with Crippen molar-refractivity contribution < 1.29 is 19.0 Å². The van der Waals surface area contributed by atoms with Crippen LogP contribution in [0.5, 0.6) is 5.75 Å². The predicted molar refractivity (Wildman–Crippen MR) is 92.0 cm³/mol. The van der Waals surface area contributed by atoms with E-state index in [2.05, 4.69) is 12.2 Å². The van der Waals surface area contributed by atoms with E-state index in [1.165, 1.54) is 26.2 Å². The molecule has 1 aromatic carbocycles. The van der Waals surface area contributed by atoms with Gasteiger partial charge in [0.1, 0.15) is 12.4 Å². The SMILES string of the molecule is CCCCCCOCCOCCOc1ccc(NC(C)=O)cc1. The van der Waals surface area contributed by atoms with Crippen molar-refractivity contribution in [1.29, 1.82) is 0 Å². The largest absolute Gasteiger partial charge is 0.491 e. The number of rotatable bonds is 13. The van der Waals surface area contributed by atoms with Gasteiger partial charge in [0.15, 0.2) is 0 Å². The van der Waals surface area contributed by atoms with E-state index in [0.29, 0.717) is 26.4 Å². The fourth-order valence-electron chi connectivity index (χ4n) is 2.01. The summed E-state index contributed by atoms with van der Waals surface area (Å²) < 4.78 is 16.5. The Labute approximate surface area is 139 Å². The summed E-state index contributed by atoms with van der Waals surface area (Å²) in [6, 6.07) is 7.27. The quantitative estimate of drug-likeness (QED) is 0.563. The molecule has 0 unspecified atom stereocenters. The molecule has 0 atom stereocenters.